The minimum atomic E-state index is -1.15. The van der Waals surface area contributed by atoms with Gasteiger partial charge in [-0.3, -0.25) is 14.9 Å². The largest absolute Gasteiger partial charge is 0.497 e. The quantitative estimate of drug-likeness (QED) is 0.229. The standard InChI is InChI=1S/C28H29N3O6S/c1-18-6-5-7-23-24(18)30(17-16-29(2)3)27(32)25(26(38-23)19-10-14-22(36-4)15-11-19)37-28(33)20-8-12-21(13-9-20)31(34)35/h5-15,25-26H,16-17H2,1-4H3/t25-,26+/m0/s1. The monoisotopic (exact) mass is 535 g/mol. The van der Waals surface area contributed by atoms with Crippen molar-refractivity contribution in [2.24, 2.45) is 0 Å². The number of nitrogens with zero attached hydrogens (tertiary/aromatic N) is 3. The predicted molar refractivity (Wildman–Crippen MR) is 146 cm³/mol. The molecule has 1 heterocycles. The number of para-hydroxylation sites is 1. The number of benzene rings is 3. The number of carbonyl (C=O) groups excluding carboxylic acids is 2. The Bertz CT molecular complexity index is 1330. The molecular formula is C28H29N3O6S. The zero-order chi connectivity index (χ0) is 27.4. The van der Waals surface area contributed by atoms with E-state index in [4.69, 9.17) is 9.47 Å². The number of nitro benzene ring substituents is 1. The summed E-state index contributed by atoms with van der Waals surface area (Å²) in [5.41, 5.74) is 2.53. The van der Waals surface area contributed by atoms with Crippen LogP contribution in [0.1, 0.15) is 26.7 Å². The van der Waals surface area contributed by atoms with E-state index in [0.717, 1.165) is 21.7 Å². The number of non-ortho nitro benzene ring substituents is 1. The Kier molecular flexibility index (Phi) is 8.33. The molecule has 1 aliphatic heterocycles. The van der Waals surface area contributed by atoms with E-state index in [-0.39, 0.29) is 17.2 Å². The van der Waals surface area contributed by atoms with Gasteiger partial charge < -0.3 is 19.3 Å². The van der Waals surface area contributed by atoms with Crippen LogP contribution in [0.4, 0.5) is 11.4 Å². The number of likely N-dealkylation sites (N-methyl/N-ethyl adjacent to an activating group) is 1. The maximum atomic E-state index is 14.2. The van der Waals surface area contributed by atoms with E-state index < -0.39 is 22.2 Å². The molecule has 4 rings (SSSR count). The average Bonchev–Trinajstić information content (AvgIpc) is 3.02. The smallest absolute Gasteiger partial charge is 0.338 e. The molecule has 2 atom stereocenters. The van der Waals surface area contributed by atoms with E-state index in [0.29, 0.717) is 18.8 Å². The number of aryl methyl sites for hydroxylation is 1. The number of ether oxygens (including phenoxy) is 2. The summed E-state index contributed by atoms with van der Waals surface area (Å²) >= 11 is 1.47. The second-order valence-corrected chi connectivity index (χ2v) is 10.3. The molecular weight excluding hydrogens is 506 g/mol. The van der Waals surface area contributed by atoms with E-state index in [2.05, 4.69) is 0 Å². The lowest BCUT2D eigenvalue weighted by Gasteiger charge is -2.29. The van der Waals surface area contributed by atoms with Crippen molar-refractivity contribution in [3.05, 3.63) is 93.5 Å². The van der Waals surface area contributed by atoms with Crippen LogP contribution in [-0.2, 0) is 9.53 Å². The lowest BCUT2D eigenvalue weighted by atomic mass is 10.0. The zero-order valence-corrected chi connectivity index (χ0v) is 22.4. The molecule has 10 heteroatoms. The van der Waals surface area contributed by atoms with Crippen molar-refractivity contribution in [3.8, 4) is 5.75 Å². The molecule has 198 valence electrons. The van der Waals surface area contributed by atoms with Gasteiger partial charge in [0.1, 0.15) is 5.75 Å². The number of amides is 1. The van der Waals surface area contributed by atoms with E-state index in [1.807, 2.05) is 56.3 Å². The fourth-order valence-electron chi connectivity index (χ4n) is 4.24. The van der Waals surface area contributed by atoms with Crippen LogP contribution in [0.3, 0.4) is 0 Å². The summed E-state index contributed by atoms with van der Waals surface area (Å²) in [7, 11) is 5.44. The van der Waals surface area contributed by atoms with Gasteiger partial charge in [-0.25, -0.2) is 4.79 Å². The number of hydrogen-bond donors (Lipinski definition) is 0. The number of hydrogen-bond acceptors (Lipinski definition) is 8. The van der Waals surface area contributed by atoms with Crippen LogP contribution in [0.5, 0.6) is 5.75 Å². The highest BCUT2D eigenvalue weighted by Crippen LogP contribution is 2.48. The molecule has 0 aliphatic carbocycles. The SMILES string of the molecule is COc1ccc([C@H]2Sc3cccc(C)c3N(CCN(C)C)C(=O)[C@H]2OC(=O)c2ccc([N+](=O)[O-])cc2)cc1. The second kappa shape index (κ2) is 11.7. The Labute approximate surface area is 225 Å². The van der Waals surface area contributed by atoms with Gasteiger partial charge in [0.25, 0.3) is 11.6 Å². The summed E-state index contributed by atoms with van der Waals surface area (Å²) < 4.78 is 11.2. The summed E-state index contributed by atoms with van der Waals surface area (Å²) in [6.45, 7) is 2.98. The van der Waals surface area contributed by atoms with Gasteiger partial charge in [0, 0.05) is 30.1 Å². The number of carbonyl (C=O) groups is 2. The maximum absolute atomic E-state index is 14.2. The van der Waals surface area contributed by atoms with Crippen LogP contribution in [-0.4, -0.2) is 62.1 Å². The highest BCUT2D eigenvalue weighted by Gasteiger charge is 2.42. The van der Waals surface area contributed by atoms with Crippen LogP contribution >= 0.6 is 11.8 Å². The third-order valence-electron chi connectivity index (χ3n) is 6.27. The summed E-state index contributed by atoms with van der Waals surface area (Å²) in [6, 6.07) is 18.4. The molecule has 9 nitrogen and oxygen atoms in total. The number of fused-ring (bicyclic) bond motifs is 1. The first kappa shape index (κ1) is 27.2. The molecule has 0 N–H and O–H groups in total. The van der Waals surface area contributed by atoms with E-state index >= 15 is 0 Å². The highest BCUT2D eigenvalue weighted by molar-refractivity contribution is 7.99. The first-order chi connectivity index (χ1) is 18.2. The van der Waals surface area contributed by atoms with Gasteiger partial charge in [-0.05, 0) is 62.5 Å². The predicted octanol–water partition coefficient (Wildman–Crippen LogP) is 4.88. The minimum Gasteiger partial charge on any atom is -0.497 e. The molecule has 0 saturated carbocycles. The Morgan fingerprint density at radius 3 is 2.37 bits per heavy atom. The molecule has 3 aromatic carbocycles. The fourth-order valence-corrected chi connectivity index (χ4v) is 5.64. The number of thioether (sulfide) groups is 1. The molecule has 0 unspecified atom stereocenters. The van der Waals surface area contributed by atoms with E-state index in [1.54, 1.807) is 24.1 Å². The van der Waals surface area contributed by atoms with Crippen molar-refractivity contribution in [3.63, 3.8) is 0 Å². The van der Waals surface area contributed by atoms with Crippen molar-refractivity contribution >= 4 is 35.0 Å². The molecule has 0 saturated heterocycles. The fraction of sp³-hybridized carbons (Fsp3) is 0.286. The summed E-state index contributed by atoms with van der Waals surface area (Å²) in [5.74, 6) is -0.391. The van der Waals surface area contributed by atoms with Crippen molar-refractivity contribution in [1.82, 2.24) is 4.90 Å². The lowest BCUT2D eigenvalue weighted by Crippen LogP contribution is -2.45. The highest BCUT2D eigenvalue weighted by atomic mass is 32.2. The molecule has 0 spiro atoms. The third-order valence-corrected chi connectivity index (χ3v) is 7.63. The topological polar surface area (TPSA) is 102 Å². The Balaban J connectivity index is 1.77. The maximum Gasteiger partial charge on any atom is 0.338 e. The number of rotatable bonds is 8. The Morgan fingerprint density at radius 1 is 1.08 bits per heavy atom. The number of esters is 1. The molecule has 0 bridgehead atoms. The Morgan fingerprint density at radius 2 is 1.76 bits per heavy atom. The Hall–Kier alpha value is -3.89. The summed E-state index contributed by atoms with van der Waals surface area (Å²) in [6.07, 6.45) is -1.15. The van der Waals surface area contributed by atoms with Gasteiger partial charge in [0.05, 0.1) is 28.5 Å². The summed E-state index contributed by atoms with van der Waals surface area (Å²) in [5, 5.41) is 10.5. The average molecular weight is 536 g/mol. The van der Waals surface area contributed by atoms with Gasteiger partial charge in [0.15, 0.2) is 6.10 Å². The number of nitro groups is 1. The second-order valence-electron chi connectivity index (χ2n) is 9.16. The van der Waals surface area contributed by atoms with E-state index in [9.17, 15) is 19.7 Å². The molecule has 3 aromatic rings. The zero-order valence-electron chi connectivity index (χ0n) is 21.6. The normalized spacial score (nSPS) is 17.1. The van der Waals surface area contributed by atoms with Gasteiger partial charge >= 0.3 is 5.97 Å². The molecule has 38 heavy (non-hydrogen) atoms. The third kappa shape index (κ3) is 5.81. The molecule has 0 radical (unpaired) electrons. The lowest BCUT2D eigenvalue weighted by molar-refractivity contribution is -0.384. The van der Waals surface area contributed by atoms with Crippen LogP contribution in [0.2, 0.25) is 0 Å². The first-order valence-electron chi connectivity index (χ1n) is 12.0. The number of methoxy groups -OCH3 is 1. The van der Waals surface area contributed by atoms with Gasteiger partial charge in [0.2, 0.25) is 0 Å². The van der Waals surface area contributed by atoms with Crippen molar-refractivity contribution in [2.75, 3.05) is 39.2 Å². The van der Waals surface area contributed by atoms with E-state index in [1.165, 1.54) is 36.0 Å². The van der Waals surface area contributed by atoms with Crippen LogP contribution in [0.25, 0.3) is 0 Å². The van der Waals surface area contributed by atoms with Crippen LogP contribution in [0, 0.1) is 17.0 Å². The number of anilines is 1. The van der Waals surface area contributed by atoms with Crippen LogP contribution in [0.15, 0.2) is 71.6 Å². The van der Waals surface area contributed by atoms with Gasteiger partial charge in [-0.1, -0.05) is 24.3 Å². The van der Waals surface area contributed by atoms with Gasteiger partial charge in [-0.15, -0.1) is 11.8 Å². The van der Waals surface area contributed by atoms with Crippen LogP contribution < -0.4 is 9.64 Å². The van der Waals surface area contributed by atoms with Crippen molar-refractivity contribution in [1.29, 1.82) is 0 Å². The first-order valence-corrected chi connectivity index (χ1v) is 12.9. The molecule has 0 fully saturated rings. The molecule has 0 aromatic heterocycles. The summed E-state index contributed by atoms with van der Waals surface area (Å²) in [4.78, 5) is 42.5. The van der Waals surface area contributed by atoms with Crippen molar-refractivity contribution in [2.45, 2.75) is 23.2 Å². The molecule has 1 aliphatic rings. The van der Waals surface area contributed by atoms with Gasteiger partial charge in [-0.2, -0.15) is 0 Å². The molecule has 1 amide bonds. The van der Waals surface area contributed by atoms with Crippen molar-refractivity contribution < 1.29 is 24.0 Å². The minimum absolute atomic E-state index is 0.125.